The summed E-state index contributed by atoms with van der Waals surface area (Å²) < 4.78 is 5.40. The zero-order valence-electron chi connectivity index (χ0n) is 28.7. The van der Waals surface area contributed by atoms with Gasteiger partial charge >= 0.3 is 6.09 Å². The first-order chi connectivity index (χ1) is 22.5. The van der Waals surface area contributed by atoms with Crippen molar-refractivity contribution in [3.63, 3.8) is 0 Å². The molecule has 0 spiro atoms. The van der Waals surface area contributed by atoms with Crippen molar-refractivity contribution in [1.29, 1.82) is 0 Å². The number of amides is 4. The number of hydrogen-bond acceptors (Lipinski definition) is 6. The minimum atomic E-state index is -1.11. The number of nitrogens with zero attached hydrogens (tertiary/aromatic N) is 1. The van der Waals surface area contributed by atoms with Crippen molar-refractivity contribution < 1.29 is 23.9 Å². The van der Waals surface area contributed by atoms with Gasteiger partial charge < -0.3 is 42.5 Å². The molecule has 0 unspecified atom stereocenters. The Morgan fingerprint density at radius 2 is 1.40 bits per heavy atom. The van der Waals surface area contributed by atoms with Crippen LogP contribution >= 0.6 is 0 Å². The molecular formula is C35H50N8O5. The third-order valence-corrected chi connectivity index (χ3v) is 7.10. The Bertz CT molecular complexity index is 1570. The number of aromatic nitrogens is 1. The third kappa shape index (κ3) is 12.6. The van der Waals surface area contributed by atoms with E-state index in [1.165, 1.54) is 0 Å². The van der Waals surface area contributed by atoms with Gasteiger partial charge in [-0.3, -0.25) is 19.4 Å². The highest BCUT2D eigenvalue weighted by atomic mass is 16.6. The number of nitrogens with two attached hydrogens (primary N) is 2. The first-order valence-electron chi connectivity index (χ1n) is 16.1. The molecule has 1 heterocycles. The van der Waals surface area contributed by atoms with Crippen molar-refractivity contribution >= 4 is 40.7 Å². The van der Waals surface area contributed by atoms with E-state index < -0.39 is 47.2 Å². The number of H-pyrrole nitrogens is 1. The maximum atomic E-state index is 14.1. The topological polar surface area (TPSA) is 206 Å². The lowest BCUT2D eigenvalue weighted by Crippen LogP contribution is -2.59. The molecule has 0 aliphatic carbocycles. The van der Waals surface area contributed by atoms with Gasteiger partial charge in [0, 0.05) is 42.0 Å². The second-order valence-corrected chi connectivity index (χ2v) is 13.8. The average Bonchev–Trinajstić information content (AvgIpc) is 3.39. The molecule has 0 aliphatic rings. The van der Waals surface area contributed by atoms with E-state index in [1.54, 1.807) is 27.0 Å². The minimum Gasteiger partial charge on any atom is -0.444 e. The summed E-state index contributed by atoms with van der Waals surface area (Å²) in [5.74, 6) is -1.62. The number of aliphatic imine (C=N–C) groups is 1. The highest BCUT2D eigenvalue weighted by Crippen LogP contribution is 2.20. The summed E-state index contributed by atoms with van der Waals surface area (Å²) in [6.45, 7) is 10.9. The van der Waals surface area contributed by atoms with Crippen molar-refractivity contribution in [2.24, 2.45) is 16.5 Å². The Labute approximate surface area is 282 Å². The molecule has 3 rings (SSSR count). The zero-order valence-corrected chi connectivity index (χ0v) is 28.7. The molecule has 1 aromatic heterocycles. The van der Waals surface area contributed by atoms with E-state index in [9.17, 15) is 19.2 Å². The summed E-state index contributed by atoms with van der Waals surface area (Å²) in [6.07, 6.45) is 1.86. The maximum absolute atomic E-state index is 14.1. The number of hydrogen-bond donors (Lipinski definition) is 7. The van der Waals surface area contributed by atoms with Crippen LogP contribution in [0, 0.1) is 0 Å². The van der Waals surface area contributed by atoms with Gasteiger partial charge in [-0.2, -0.15) is 0 Å². The molecule has 3 aromatic rings. The van der Waals surface area contributed by atoms with E-state index in [0.29, 0.717) is 6.42 Å². The molecule has 13 nitrogen and oxygen atoms in total. The van der Waals surface area contributed by atoms with Crippen LogP contribution in [0.2, 0.25) is 0 Å². The number of carbonyl (C=O) groups is 4. The summed E-state index contributed by atoms with van der Waals surface area (Å²) in [5, 5.41) is 12.2. The third-order valence-electron chi connectivity index (χ3n) is 7.10. The number of benzene rings is 2. The van der Waals surface area contributed by atoms with Crippen LogP contribution in [0.5, 0.6) is 0 Å². The van der Waals surface area contributed by atoms with Crippen LogP contribution in [0.25, 0.3) is 10.9 Å². The monoisotopic (exact) mass is 662 g/mol. The number of rotatable bonds is 14. The summed E-state index contributed by atoms with van der Waals surface area (Å²) in [5.41, 5.74) is 12.1. The van der Waals surface area contributed by atoms with Gasteiger partial charge in [0.2, 0.25) is 17.7 Å². The molecule has 9 N–H and O–H groups in total. The molecule has 13 heteroatoms. The maximum Gasteiger partial charge on any atom is 0.408 e. The molecule has 48 heavy (non-hydrogen) atoms. The Hall–Kier alpha value is -5.07. The van der Waals surface area contributed by atoms with Gasteiger partial charge in [-0.1, -0.05) is 48.5 Å². The van der Waals surface area contributed by atoms with Crippen molar-refractivity contribution in [3.05, 3.63) is 71.9 Å². The molecule has 0 bridgehead atoms. The van der Waals surface area contributed by atoms with E-state index in [-0.39, 0.29) is 37.7 Å². The molecule has 3 atom stereocenters. The fraction of sp³-hybridized carbons (Fsp3) is 0.457. The van der Waals surface area contributed by atoms with Crippen LogP contribution < -0.4 is 32.7 Å². The van der Waals surface area contributed by atoms with Crippen LogP contribution in [-0.2, 0) is 32.0 Å². The number of alkyl carbamates (subject to hydrolysis) is 1. The normalized spacial score (nSPS) is 13.5. The van der Waals surface area contributed by atoms with E-state index in [2.05, 4.69) is 31.2 Å². The van der Waals surface area contributed by atoms with Gasteiger partial charge in [0.25, 0.3) is 0 Å². The van der Waals surface area contributed by atoms with E-state index in [0.717, 1.165) is 22.0 Å². The Morgan fingerprint density at radius 1 is 0.792 bits per heavy atom. The predicted octanol–water partition coefficient (Wildman–Crippen LogP) is 2.78. The van der Waals surface area contributed by atoms with Gasteiger partial charge in [0.05, 0.1) is 0 Å². The largest absolute Gasteiger partial charge is 0.444 e. The van der Waals surface area contributed by atoms with Crippen molar-refractivity contribution in [2.75, 3.05) is 6.54 Å². The Morgan fingerprint density at radius 3 is 2.02 bits per heavy atom. The zero-order chi connectivity index (χ0) is 35.5. The summed E-state index contributed by atoms with van der Waals surface area (Å²) >= 11 is 0. The number of ether oxygens (including phenoxy) is 1. The van der Waals surface area contributed by atoms with Crippen LogP contribution in [0.3, 0.4) is 0 Å². The Kier molecular flexibility index (Phi) is 13.0. The van der Waals surface area contributed by atoms with Crippen molar-refractivity contribution in [3.8, 4) is 0 Å². The predicted molar refractivity (Wildman–Crippen MR) is 187 cm³/mol. The van der Waals surface area contributed by atoms with Gasteiger partial charge in [0.15, 0.2) is 5.96 Å². The number of aromatic amines is 1. The van der Waals surface area contributed by atoms with Gasteiger partial charge in [0.1, 0.15) is 23.7 Å². The van der Waals surface area contributed by atoms with Gasteiger partial charge in [-0.15, -0.1) is 0 Å². The average molecular weight is 663 g/mol. The fourth-order valence-electron chi connectivity index (χ4n) is 5.01. The van der Waals surface area contributed by atoms with Gasteiger partial charge in [-0.05, 0) is 71.6 Å². The summed E-state index contributed by atoms with van der Waals surface area (Å²) in [6, 6.07) is 13.9. The quantitative estimate of drug-likeness (QED) is 0.0780. The molecule has 0 saturated carbocycles. The number of guanidine groups is 1. The number of para-hydroxylation sites is 1. The van der Waals surface area contributed by atoms with Crippen LogP contribution in [-0.4, -0.2) is 70.6 Å². The van der Waals surface area contributed by atoms with E-state index in [1.807, 2.05) is 75.4 Å². The highest BCUT2D eigenvalue weighted by Gasteiger charge is 2.32. The lowest BCUT2D eigenvalue weighted by molar-refractivity contribution is -0.133. The van der Waals surface area contributed by atoms with Crippen LogP contribution in [0.1, 0.15) is 65.5 Å². The standard InChI is InChI=1S/C35H50N8O5/c1-34(2,3)43-31(46)27(19-22-13-8-7-9-14-22)40-30(45)28(20-23-21-39-25-16-11-10-15-24(23)25)41-29(44)26(17-12-18-38-32(36)37)42-33(47)48-35(4,5)6/h7-11,13-16,21,26-28,39H,12,17-20H2,1-6H3,(H,40,45)(H,41,44)(H,42,47)(H,43,46)(H4,36,37,38)/t26-,27-,28-/m0/s1. The lowest BCUT2D eigenvalue weighted by Gasteiger charge is -2.28. The molecule has 260 valence electrons. The Balaban J connectivity index is 1.92. The molecule has 2 aromatic carbocycles. The van der Waals surface area contributed by atoms with Crippen molar-refractivity contribution in [2.45, 2.75) is 96.5 Å². The molecular weight excluding hydrogens is 612 g/mol. The van der Waals surface area contributed by atoms with Crippen LogP contribution in [0.4, 0.5) is 4.79 Å². The van der Waals surface area contributed by atoms with Crippen molar-refractivity contribution in [1.82, 2.24) is 26.3 Å². The molecule has 0 radical (unpaired) electrons. The fourth-order valence-corrected chi connectivity index (χ4v) is 5.01. The summed E-state index contributed by atoms with van der Waals surface area (Å²) in [4.78, 5) is 61.3. The number of nitrogens with one attached hydrogen (secondary N) is 5. The number of carbonyl (C=O) groups excluding carboxylic acids is 4. The van der Waals surface area contributed by atoms with Gasteiger partial charge in [-0.25, -0.2) is 4.79 Å². The molecule has 0 saturated heterocycles. The lowest BCUT2D eigenvalue weighted by atomic mass is 10.0. The summed E-state index contributed by atoms with van der Waals surface area (Å²) in [7, 11) is 0. The molecule has 4 amide bonds. The minimum absolute atomic E-state index is 0.0906. The first-order valence-corrected chi connectivity index (χ1v) is 16.1. The second-order valence-electron chi connectivity index (χ2n) is 13.8. The number of fused-ring (bicyclic) bond motifs is 1. The molecule has 0 aliphatic heterocycles. The molecule has 0 fully saturated rings. The highest BCUT2D eigenvalue weighted by molar-refractivity contribution is 5.95. The smallest absolute Gasteiger partial charge is 0.408 e. The second kappa shape index (κ2) is 16.7. The SMILES string of the molecule is CC(C)(C)NC(=O)[C@H](Cc1ccccc1)NC(=O)[C@H](Cc1c[nH]c2ccccc12)NC(=O)[C@H](CCCN=C(N)N)NC(=O)OC(C)(C)C. The first kappa shape index (κ1) is 37.4. The van der Waals surface area contributed by atoms with Crippen LogP contribution in [0.15, 0.2) is 65.8 Å². The van der Waals surface area contributed by atoms with E-state index in [4.69, 9.17) is 16.2 Å². The van der Waals surface area contributed by atoms with E-state index >= 15 is 0 Å².